The lowest BCUT2D eigenvalue weighted by molar-refractivity contribution is -0.164. The Kier molecular flexibility index (Phi) is 4.36. The predicted molar refractivity (Wildman–Crippen MR) is 83.8 cm³/mol. The molecule has 1 aliphatic carbocycles. The topological polar surface area (TPSA) is 49.4 Å². The molecule has 21 heavy (non-hydrogen) atoms. The highest BCUT2D eigenvalue weighted by molar-refractivity contribution is 6.00. The van der Waals surface area contributed by atoms with E-state index < -0.39 is 11.6 Å². The Bertz CT molecular complexity index is 415. The molecule has 1 atom stereocenters. The second kappa shape index (κ2) is 5.62. The van der Waals surface area contributed by atoms with Gasteiger partial charge in [-0.1, -0.05) is 47.5 Å². The van der Waals surface area contributed by atoms with Crippen LogP contribution in [0, 0.1) is 5.41 Å². The number of rotatable bonds is 3. The Morgan fingerprint density at radius 3 is 2.14 bits per heavy atom. The summed E-state index contributed by atoms with van der Waals surface area (Å²) in [6, 6.07) is -0.233. The number of carbonyl (C=O) groups excluding carboxylic acids is 2. The van der Waals surface area contributed by atoms with Crippen LogP contribution in [0.3, 0.4) is 0 Å². The van der Waals surface area contributed by atoms with Crippen LogP contribution in [0.25, 0.3) is 0 Å². The number of piperazine rings is 1. The van der Waals surface area contributed by atoms with E-state index in [0.717, 1.165) is 38.5 Å². The smallest absolute Gasteiger partial charge is 0.246 e. The second-order valence-corrected chi connectivity index (χ2v) is 7.69. The van der Waals surface area contributed by atoms with Crippen molar-refractivity contribution in [3.8, 4) is 0 Å². The minimum Gasteiger partial charge on any atom is -0.342 e. The van der Waals surface area contributed by atoms with Crippen molar-refractivity contribution >= 4 is 11.8 Å². The van der Waals surface area contributed by atoms with E-state index in [9.17, 15) is 9.59 Å². The number of nitrogens with one attached hydrogen (secondary N) is 1. The van der Waals surface area contributed by atoms with Crippen LogP contribution in [-0.4, -0.2) is 34.3 Å². The molecular formula is C17H30N2O2. The van der Waals surface area contributed by atoms with E-state index in [1.165, 1.54) is 0 Å². The van der Waals surface area contributed by atoms with Crippen molar-refractivity contribution in [2.24, 2.45) is 5.41 Å². The summed E-state index contributed by atoms with van der Waals surface area (Å²) in [4.78, 5) is 28.0. The van der Waals surface area contributed by atoms with Gasteiger partial charge in [-0.2, -0.15) is 0 Å². The van der Waals surface area contributed by atoms with Gasteiger partial charge in [-0.25, -0.2) is 0 Å². The van der Waals surface area contributed by atoms with E-state index in [0.29, 0.717) is 0 Å². The zero-order chi connectivity index (χ0) is 15.8. The first-order chi connectivity index (χ1) is 9.78. The van der Waals surface area contributed by atoms with Gasteiger partial charge in [0.25, 0.3) is 0 Å². The van der Waals surface area contributed by atoms with Crippen LogP contribution in [0.15, 0.2) is 0 Å². The fourth-order valence-electron chi connectivity index (χ4n) is 3.98. The van der Waals surface area contributed by atoms with Crippen molar-refractivity contribution < 1.29 is 9.59 Å². The molecule has 1 N–H and O–H groups in total. The summed E-state index contributed by atoms with van der Waals surface area (Å²) in [6.45, 7) is 10.3. The predicted octanol–water partition coefficient (Wildman–Crippen LogP) is 2.86. The van der Waals surface area contributed by atoms with Crippen LogP contribution in [0.5, 0.6) is 0 Å². The third-order valence-corrected chi connectivity index (χ3v) is 5.25. The summed E-state index contributed by atoms with van der Waals surface area (Å²) < 4.78 is 0. The van der Waals surface area contributed by atoms with E-state index in [2.05, 4.69) is 19.2 Å². The van der Waals surface area contributed by atoms with Gasteiger partial charge in [0.2, 0.25) is 11.8 Å². The SMILES string of the molecule is CCC(CC)N1C(=O)C(C(C)(C)C)NC(=O)C12CCCC2. The molecule has 0 radical (unpaired) electrons. The molecule has 2 fully saturated rings. The molecule has 1 heterocycles. The molecule has 120 valence electrons. The second-order valence-electron chi connectivity index (χ2n) is 7.69. The summed E-state index contributed by atoms with van der Waals surface area (Å²) >= 11 is 0. The minimum absolute atomic E-state index is 0.0754. The molecule has 0 aromatic rings. The fourth-order valence-corrected chi connectivity index (χ4v) is 3.98. The summed E-state index contributed by atoms with van der Waals surface area (Å²) in [5, 5.41) is 3.04. The molecule has 2 rings (SSSR count). The lowest BCUT2D eigenvalue weighted by atomic mass is 9.79. The van der Waals surface area contributed by atoms with Crippen molar-refractivity contribution in [3.05, 3.63) is 0 Å². The zero-order valence-electron chi connectivity index (χ0n) is 14.2. The van der Waals surface area contributed by atoms with Crippen molar-refractivity contribution in [2.75, 3.05) is 0 Å². The molecule has 1 aliphatic heterocycles. The highest BCUT2D eigenvalue weighted by Gasteiger charge is 2.56. The van der Waals surface area contributed by atoms with Gasteiger partial charge in [-0.05, 0) is 31.1 Å². The Morgan fingerprint density at radius 1 is 1.19 bits per heavy atom. The third-order valence-electron chi connectivity index (χ3n) is 5.25. The maximum absolute atomic E-state index is 13.1. The molecule has 1 spiro atoms. The van der Waals surface area contributed by atoms with Crippen LogP contribution in [-0.2, 0) is 9.59 Å². The third kappa shape index (κ3) is 2.58. The molecule has 1 unspecified atom stereocenters. The average molecular weight is 294 g/mol. The standard InChI is InChI=1S/C17H30N2O2/c1-6-12(7-2)19-14(20)13(16(3,4)5)18-15(21)17(19)10-8-9-11-17/h12-13H,6-11H2,1-5H3,(H,18,21). The van der Waals surface area contributed by atoms with E-state index >= 15 is 0 Å². The normalized spacial score (nSPS) is 25.8. The van der Waals surface area contributed by atoms with Gasteiger partial charge in [0.15, 0.2) is 0 Å². The summed E-state index contributed by atoms with van der Waals surface area (Å²) in [7, 11) is 0. The Hall–Kier alpha value is -1.06. The molecule has 4 nitrogen and oxygen atoms in total. The maximum atomic E-state index is 13.1. The first-order valence-corrected chi connectivity index (χ1v) is 8.42. The molecule has 0 aromatic heterocycles. The van der Waals surface area contributed by atoms with Crippen LogP contribution >= 0.6 is 0 Å². The number of amides is 2. The van der Waals surface area contributed by atoms with Crippen LogP contribution in [0.4, 0.5) is 0 Å². The largest absolute Gasteiger partial charge is 0.342 e. The summed E-state index contributed by atoms with van der Waals surface area (Å²) in [5.74, 6) is 0.198. The number of nitrogens with zero attached hydrogens (tertiary/aromatic N) is 1. The van der Waals surface area contributed by atoms with Gasteiger partial charge in [0.1, 0.15) is 11.6 Å². The Morgan fingerprint density at radius 2 is 1.71 bits per heavy atom. The van der Waals surface area contributed by atoms with Gasteiger partial charge < -0.3 is 10.2 Å². The van der Waals surface area contributed by atoms with Crippen molar-refractivity contribution in [1.29, 1.82) is 0 Å². The van der Waals surface area contributed by atoms with Gasteiger partial charge in [-0.15, -0.1) is 0 Å². The molecule has 2 amide bonds. The van der Waals surface area contributed by atoms with Gasteiger partial charge in [-0.3, -0.25) is 9.59 Å². The Balaban J connectivity index is 2.44. The van der Waals surface area contributed by atoms with Crippen molar-refractivity contribution in [1.82, 2.24) is 10.2 Å². The van der Waals surface area contributed by atoms with E-state index in [4.69, 9.17) is 0 Å². The molecule has 0 bridgehead atoms. The van der Waals surface area contributed by atoms with Crippen molar-refractivity contribution in [3.63, 3.8) is 0 Å². The van der Waals surface area contributed by atoms with Gasteiger partial charge in [0.05, 0.1) is 0 Å². The molecule has 1 saturated carbocycles. The quantitative estimate of drug-likeness (QED) is 0.870. The first kappa shape index (κ1) is 16.3. The van der Waals surface area contributed by atoms with Crippen molar-refractivity contribution in [2.45, 2.75) is 90.8 Å². The van der Waals surface area contributed by atoms with Crippen LogP contribution in [0.1, 0.15) is 73.1 Å². The maximum Gasteiger partial charge on any atom is 0.246 e. The number of carbonyl (C=O) groups is 2. The van der Waals surface area contributed by atoms with E-state index in [1.807, 2.05) is 25.7 Å². The molecule has 4 heteroatoms. The Labute approximate surface area is 128 Å². The van der Waals surface area contributed by atoms with Crippen LogP contribution in [0.2, 0.25) is 0 Å². The lowest BCUT2D eigenvalue weighted by Crippen LogP contribution is -2.73. The molecule has 1 saturated heterocycles. The highest BCUT2D eigenvalue weighted by atomic mass is 16.2. The number of hydrogen-bond acceptors (Lipinski definition) is 2. The fraction of sp³-hybridized carbons (Fsp3) is 0.882. The van der Waals surface area contributed by atoms with Gasteiger partial charge >= 0.3 is 0 Å². The highest BCUT2D eigenvalue weighted by Crippen LogP contribution is 2.42. The monoisotopic (exact) mass is 294 g/mol. The molecular weight excluding hydrogens is 264 g/mol. The summed E-state index contributed by atoms with van der Waals surface area (Å²) in [5.41, 5.74) is -0.827. The minimum atomic E-state index is -0.574. The van der Waals surface area contributed by atoms with E-state index in [-0.39, 0.29) is 23.3 Å². The molecule has 2 aliphatic rings. The van der Waals surface area contributed by atoms with E-state index in [1.54, 1.807) is 0 Å². The zero-order valence-corrected chi connectivity index (χ0v) is 14.2. The van der Waals surface area contributed by atoms with Crippen LogP contribution < -0.4 is 5.32 Å². The molecule has 0 aromatic carbocycles. The average Bonchev–Trinajstić information content (AvgIpc) is 2.88. The lowest BCUT2D eigenvalue weighted by Gasteiger charge is -2.52. The van der Waals surface area contributed by atoms with Gasteiger partial charge in [0, 0.05) is 6.04 Å². The summed E-state index contributed by atoms with van der Waals surface area (Å²) in [6.07, 6.45) is 5.53. The number of hydrogen-bond donors (Lipinski definition) is 1. The first-order valence-electron chi connectivity index (χ1n) is 8.42.